The zero-order chi connectivity index (χ0) is 19.4. The van der Waals surface area contributed by atoms with Gasteiger partial charge in [-0.3, -0.25) is 10.1 Å². The van der Waals surface area contributed by atoms with E-state index in [4.69, 9.17) is 0 Å². The third kappa shape index (κ3) is 8.60. The van der Waals surface area contributed by atoms with E-state index in [0.29, 0.717) is 6.67 Å². The molecule has 0 saturated carbocycles. The number of hydrogen-bond acceptors (Lipinski definition) is 6. The van der Waals surface area contributed by atoms with Gasteiger partial charge in [0, 0.05) is 39.3 Å². The normalized spacial score (nSPS) is 10.7. The molecule has 0 atom stereocenters. The predicted octanol–water partition coefficient (Wildman–Crippen LogP) is 1.08. The van der Waals surface area contributed by atoms with E-state index in [1.165, 1.54) is 0 Å². The number of aromatic nitrogens is 2. The highest BCUT2D eigenvalue weighted by Crippen LogP contribution is 2.08. The standard InChI is InChI=1S/C19H30N6O/c1-16-22-14-17(19(20-2)23-16)10-7-6-8-12-21-15-25(5)18(26)11-9-13-24(3)4/h9,11,14,21H,6,8,12-13,15H2,1-5H3,(H,20,22,23)/b11-9+. The molecule has 1 aromatic rings. The summed E-state index contributed by atoms with van der Waals surface area (Å²) in [7, 11) is 7.54. The van der Waals surface area contributed by atoms with Crippen LogP contribution in [0.2, 0.25) is 0 Å². The third-order valence-electron chi connectivity index (χ3n) is 3.48. The largest absolute Gasteiger partial charge is 0.372 e. The van der Waals surface area contributed by atoms with Crippen molar-refractivity contribution in [2.24, 2.45) is 0 Å². The van der Waals surface area contributed by atoms with Crippen LogP contribution in [0.3, 0.4) is 0 Å². The minimum absolute atomic E-state index is 0.00175. The van der Waals surface area contributed by atoms with Crippen molar-refractivity contribution in [2.75, 3.05) is 53.3 Å². The second-order valence-electron chi connectivity index (χ2n) is 6.19. The Morgan fingerprint density at radius 1 is 1.35 bits per heavy atom. The zero-order valence-corrected chi connectivity index (χ0v) is 16.5. The number of nitrogens with one attached hydrogen (secondary N) is 2. The number of likely N-dealkylation sites (N-methyl/N-ethyl adjacent to an activating group) is 2. The van der Waals surface area contributed by atoms with Gasteiger partial charge in [-0.25, -0.2) is 9.97 Å². The number of carbonyl (C=O) groups is 1. The molecule has 0 saturated heterocycles. The predicted molar refractivity (Wildman–Crippen MR) is 106 cm³/mol. The second-order valence-corrected chi connectivity index (χ2v) is 6.19. The van der Waals surface area contributed by atoms with Gasteiger partial charge in [-0.1, -0.05) is 17.9 Å². The number of hydrogen-bond donors (Lipinski definition) is 2. The minimum atomic E-state index is -0.00175. The summed E-state index contributed by atoms with van der Waals surface area (Å²) < 4.78 is 0. The first-order chi connectivity index (χ1) is 12.4. The van der Waals surface area contributed by atoms with E-state index in [0.717, 1.165) is 43.1 Å². The van der Waals surface area contributed by atoms with Gasteiger partial charge in [0.1, 0.15) is 11.6 Å². The van der Waals surface area contributed by atoms with Gasteiger partial charge in [-0.05, 0) is 34.0 Å². The molecule has 0 radical (unpaired) electrons. The van der Waals surface area contributed by atoms with Crippen LogP contribution in [0.5, 0.6) is 0 Å². The first kappa shape index (κ1) is 21.6. The van der Waals surface area contributed by atoms with E-state index in [-0.39, 0.29) is 5.91 Å². The Bertz CT molecular complexity index is 660. The van der Waals surface area contributed by atoms with Gasteiger partial charge in [-0.2, -0.15) is 0 Å². The highest BCUT2D eigenvalue weighted by molar-refractivity contribution is 5.87. The van der Waals surface area contributed by atoms with Gasteiger partial charge in [0.05, 0.1) is 12.2 Å². The van der Waals surface area contributed by atoms with Crippen LogP contribution in [-0.4, -0.2) is 73.6 Å². The average molecular weight is 358 g/mol. The summed E-state index contributed by atoms with van der Waals surface area (Å²) in [6.45, 7) is 3.93. The molecule has 0 aromatic carbocycles. The van der Waals surface area contributed by atoms with E-state index < -0.39 is 0 Å². The van der Waals surface area contributed by atoms with Crippen LogP contribution in [0.4, 0.5) is 5.82 Å². The molecule has 26 heavy (non-hydrogen) atoms. The van der Waals surface area contributed by atoms with Crippen molar-refractivity contribution in [3.8, 4) is 11.8 Å². The Kier molecular flexibility index (Phi) is 9.98. The molecule has 0 aliphatic heterocycles. The number of nitrogens with zero attached hydrogens (tertiary/aromatic N) is 4. The van der Waals surface area contributed by atoms with Gasteiger partial charge in [0.15, 0.2) is 0 Å². The summed E-state index contributed by atoms with van der Waals surface area (Å²) in [5.41, 5.74) is 0.806. The van der Waals surface area contributed by atoms with Gasteiger partial charge >= 0.3 is 0 Å². The van der Waals surface area contributed by atoms with Crippen LogP contribution in [0, 0.1) is 18.8 Å². The highest BCUT2D eigenvalue weighted by Gasteiger charge is 2.03. The molecule has 0 aliphatic rings. The van der Waals surface area contributed by atoms with Gasteiger partial charge in [-0.15, -0.1) is 0 Å². The first-order valence-corrected chi connectivity index (χ1v) is 8.71. The topological polar surface area (TPSA) is 73.4 Å². The summed E-state index contributed by atoms with van der Waals surface area (Å²) in [6, 6.07) is 0. The zero-order valence-electron chi connectivity index (χ0n) is 16.5. The molecule has 1 aromatic heterocycles. The summed E-state index contributed by atoms with van der Waals surface area (Å²) >= 11 is 0. The van der Waals surface area contributed by atoms with Crippen LogP contribution >= 0.6 is 0 Å². The van der Waals surface area contributed by atoms with Crippen molar-refractivity contribution >= 4 is 11.7 Å². The molecule has 7 nitrogen and oxygen atoms in total. The number of amides is 1. The molecule has 0 bridgehead atoms. The fraction of sp³-hybridized carbons (Fsp3) is 0.526. The lowest BCUT2D eigenvalue weighted by molar-refractivity contribution is -0.125. The maximum atomic E-state index is 11.9. The lowest BCUT2D eigenvalue weighted by Gasteiger charge is -2.15. The molecule has 0 unspecified atom stereocenters. The van der Waals surface area contributed by atoms with Gasteiger partial charge in [0.25, 0.3) is 0 Å². The number of rotatable bonds is 9. The fourth-order valence-electron chi connectivity index (χ4n) is 2.03. The van der Waals surface area contributed by atoms with Crippen LogP contribution in [0.15, 0.2) is 18.3 Å². The molecule has 0 aliphatic carbocycles. The smallest absolute Gasteiger partial charge is 0.247 e. The molecular weight excluding hydrogens is 328 g/mol. The summed E-state index contributed by atoms with van der Waals surface area (Å²) in [6.07, 6.45) is 6.89. The van der Waals surface area contributed by atoms with E-state index in [1.54, 1.807) is 24.2 Å². The number of anilines is 1. The van der Waals surface area contributed by atoms with E-state index in [2.05, 4.69) is 32.4 Å². The Hall–Kier alpha value is -2.43. The monoisotopic (exact) mass is 358 g/mol. The Balaban J connectivity index is 2.26. The third-order valence-corrected chi connectivity index (χ3v) is 3.48. The van der Waals surface area contributed by atoms with E-state index in [1.807, 2.05) is 39.0 Å². The number of unbranched alkanes of at least 4 members (excludes halogenated alkanes) is 1. The lowest BCUT2D eigenvalue weighted by atomic mass is 10.2. The van der Waals surface area contributed by atoms with Crippen molar-refractivity contribution in [3.63, 3.8) is 0 Å². The Morgan fingerprint density at radius 3 is 2.81 bits per heavy atom. The quantitative estimate of drug-likeness (QED) is 0.298. The molecular formula is C19H30N6O. The number of aryl methyl sites for hydroxylation is 1. The van der Waals surface area contributed by atoms with Crippen molar-refractivity contribution in [3.05, 3.63) is 29.7 Å². The molecule has 2 N–H and O–H groups in total. The second kappa shape index (κ2) is 12.0. The molecule has 1 heterocycles. The maximum absolute atomic E-state index is 11.9. The van der Waals surface area contributed by atoms with Crippen LogP contribution in [-0.2, 0) is 4.79 Å². The molecule has 1 rings (SSSR count). The lowest BCUT2D eigenvalue weighted by Crippen LogP contribution is -2.35. The summed E-state index contributed by atoms with van der Waals surface area (Å²) in [5.74, 6) is 7.71. The molecule has 142 valence electrons. The van der Waals surface area contributed by atoms with Crippen LogP contribution < -0.4 is 10.6 Å². The van der Waals surface area contributed by atoms with E-state index >= 15 is 0 Å². The number of carbonyl (C=O) groups excluding carboxylic acids is 1. The molecule has 0 spiro atoms. The average Bonchev–Trinajstić information content (AvgIpc) is 2.61. The molecule has 7 heteroatoms. The Labute approximate surface area is 156 Å². The van der Waals surface area contributed by atoms with Crippen molar-refractivity contribution < 1.29 is 4.79 Å². The van der Waals surface area contributed by atoms with Crippen molar-refractivity contribution in [2.45, 2.75) is 19.8 Å². The van der Waals surface area contributed by atoms with E-state index in [9.17, 15) is 4.79 Å². The molecule has 0 fully saturated rings. The highest BCUT2D eigenvalue weighted by atomic mass is 16.2. The van der Waals surface area contributed by atoms with Gasteiger partial charge < -0.3 is 15.1 Å². The first-order valence-electron chi connectivity index (χ1n) is 8.71. The van der Waals surface area contributed by atoms with Gasteiger partial charge in [0.2, 0.25) is 5.91 Å². The minimum Gasteiger partial charge on any atom is -0.372 e. The van der Waals surface area contributed by atoms with Crippen LogP contribution in [0.25, 0.3) is 0 Å². The fourth-order valence-corrected chi connectivity index (χ4v) is 2.03. The van der Waals surface area contributed by atoms with Crippen LogP contribution in [0.1, 0.15) is 24.2 Å². The summed E-state index contributed by atoms with van der Waals surface area (Å²) in [4.78, 5) is 24.0. The maximum Gasteiger partial charge on any atom is 0.247 e. The van der Waals surface area contributed by atoms with Crippen molar-refractivity contribution in [1.29, 1.82) is 0 Å². The SMILES string of the molecule is CNc1nc(C)ncc1C#CCCCNCN(C)C(=O)/C=C/CN(C)C. The molecule has 1 amide bonds. The van der Waals surface area contributed by atoms with Crippen molar-refractivity contribution in [1.82, 2.24) is 25.1 Å². The Morgan fingerprint density at radius 2 is 2.12 bits per heavy atom. The summed E-state index contributed by atoms with van der Waals surface area (Å²) in [5, 5.41) is 6.28.